The van der Waals surface area contributed by atoms with Crippen LogP contribution in [0.5, 0.6) is 0 Å². The summed E-state index contributed by atoms with van der Waals surface area (Å²) >= 11 is 6.77. The van der Waals surface area contributed by atoms with Gasteiger partial charge in [-0.2, -0.15) is 0 Å². The lowest BCUT2D eigenvalue weighted by Gasteiger charge is -2.40. The second-order valence-electron chi connectivity index (χ2n) is 5.42. The highest BCUT2D eigenvalue weighted by Gasteiger charge is 2.38. The molecule has 0 N–H and O–H groups in total. The molecule has 0 bridgehead atoms. The molecule has 0 aromatic rings. The maximum absolute atomic E-state index is 6.77. The Bertz CT molecular complexity index is 136. The van der Waals surface area contributed by atoms with E-state index in [2.05, 4.69) is 34.6 Å². The predicted octanol–water partition coefficient (Wildman–Crippen LogP) is 5.39. The van der Waals surface area contributed by atoms with Gasteiger partial charge in [-0.1, -0.05) is 60.3 Å². The van der Waals surface area contributed by atoms with Gasteiger partial charge in [-0.15, -0.1) is 11.6 Å². The molecule has 0 saturated carbocycles. The molecule has 14 heavy (non-hydrogen) atoms. The molecule has 0 atom stereocenters. The third-order valence-corrected chi connectivity index (χ3v) is 4.14. The SMILES string of the molecule is CCCCC(Cl)(CCCC)C(C)(C)C. The van der Waals surface area contributed by atoms with Gasteiger partial charge in [0.05, 0.1) is 0 Å². The molecule has 0 saturated heterocycles. The van der Waals surface area contributed by atoms with Crippen molar-refractivity contribution in [3.05, 3.63) is 0 Å². The number of rotatable bonds is 6. The van der Waals surface area contributed by atoms with E-state index in [1.807, 2.05) is 0 Å². The van der Waals surface area contributed by atoms with Crippen molar-refractivity contribution in [3.8, 4) is 0 Å². The van der Waals surface area contributed by atoms with Crippen molar-refractivity contribution in [2.24, 2.45) is 5.41 Å². The van der Waals surface area contributed by atoms with Crippen molar-refractivity contribution >= 4 is 11.6 Å². The molecule has 0 heterocycles. The first kappa shape index (κ1) is 14.3. The average molecular weight is 219 g/mol. The summed E-state index contributed by atoms with van der Waals surface area (Å²) < 4.78 is 0. The van der Waals surface area contributed by atoms with Crippen LogP contribution < -0.4 is 0 Å². The molecular formula is C13H27Cl. The molecule has 0 spiro atoms. The fourth-order valence-electron chi connectivity index (χ4n) is 1.79. The lowest BCUT2D eigenvalue weighted by Crippen LogP contribution is -2.37. The van der Waals surface area contributed by atoms with Crippen molar-refractivity contribution in [3.63, 3.8) is 0 Å². The summed E-state index contributed by atoms with van der Waals surface area (Å²) in [5, 5.41) is 0. The van der Waals surface area contributed by atoms with E-state index in [0.717, 1.165) is 12.8 Å². The molecular weight excluding hydrogens is 192 g/mol. The number of hydrogen-bond donors (Lipinski definition) is 0. The van der Waals surface area contributed by atoms with E-state index in [4.69, 9.17) is 11.6 Å². The number of unbranched alkanes of at least 4 members (excludes halogenated alkanes) is 2. The molecule has 0 fully saturated rings. The highest BCUT2D eigenvalue weighted by atomic mass is 35.5. The Hall–Kier alpha value is 0.290. The number of hydrogen-bond acceptors (Lipinski definition) is 0. The number of halogens is 1. The van der Waals surface area contributed by atoms with Crippen molar-refractivity contribution < 1.29 is 0 Å². The third-order valence-electron chi connectivity index (χ3n) is 3.20. The monoisotopic (exact) mass is 218 g/mol. The summed E-state index contributed by atoms with van der Waals surface area (Å²) in [5.41, 5.74) is 0.221. The first-order chi connectivity index (χ1) is 6.37. The van der Waals surface area contributed by atoms with Crippen molar-refractivity contribution in [2.75, 3.05) is 0 Å². The van der Waals surface area contributed by atoms with Gasteiger partial charge >= 0.3 is 0 Å². The first-order valence-electron chi connectivity index (χ1n) is 6.06. The van der Waals surface area contributed by atoms with Gasteiger partial charge in [0, 0.05) is 4.87 Å². The van der Waals surface area contributed by atoms with Gasteiger partial charge in [0.1, 0.15) is 0 Å². The van der Waals surface area contributed by atoms with E-state index in [9.17, 15) is 0 Å². The van der Waals surface area contributed by atoms with Gasteiger partial charge in [-0.25, -0.2) is 0 Å². The molecule has 0 aromatic heterocycles. The van der Waals surface area contributed by atoms with Crippen LogP contribution in [0.2, 0.25) is 0 Å². The molecule has 0 aliphatic rings. The maximum Gasteiger partial charge on any atom is 0.0495 e. The van der Waals surface area contributed by atoms with Crippen LogP contribution in [0.4, 0.5) is 0 Å². The Labute approximate surface area is 95.4 Å². The summed E-state index contributed by atoms with van der Waals surface area (Å²) in [7, 11) is 0. The zero-order valence-corrected chi connectivity index (χ0v) is 11.4. The van der Waals surface area contributed by atoms with E-state index in [1.54, 1.807) is 0 Å². The van der Waals surface area contributed by atoms with Crippen LogP contribution in [0.1, 0.15) is 73.1 Å². The second-order valence-corrected chi connectivity index (χ2v) is 6.15. The van der Waals surface area contributed by atoms with Gasteiger partial charge < -0.3 is 0 Å². The Morgan fingerprint density at radius 1 is 0.857 bits per heavy atom. The molecule has 0 rings (SSSR count). The zero-order chi connectivity index (χ0) is 11.2. The predicted molar refractivity (Wildman–Crippen MR) is 67.1 cm³/mol. The Balaban J connectivity index is 4.33. The smallest absolute Gasteiger partial charge is 0.0495 e. The molecule has 0 radical (unpaired) electrons. The largest absolute Gasteiger partial charge is 0.119 e. The van der Waals surface area contributed by atoms with Crippen LogP contribution >= 0.6 is 11.6 Å². The van der Waals surface area contributed by atoms with Gasteiger partial charge in [-0.3, -0.25) is 0 Å². The molecule has 1 heteroatoms. The topological polar surface area (TPSA) is 0 Å². The minimum absolute atomic E-state index is 0.0129. The summed E-state index contributed by atoms with van der Waals surface area (Å²) in [5.74, 6) is 0. The average Bonchev–Trinajstić information content (AvgIpc) is 2.09. The van der Waals surface area contributed by atoms with E-state index < -0.39 is 0 Å². The van der Waals surface area contributed by atoms with Crippen molar-refractivity contribution in [2.45, 2.75) is 78.0 Å². The van der Waals surface area contributed by atoms with Crippen LogP contribution in [0, 0.1) is 5.41 Å². The maximum atomic E-state index is 6.77. The number of alkyl halides is 1. The summed E-state index contributed by atoms with van der Waals surface area (Å²) in [4.78, 5) is 0.0129. The normalized spacial score (nSPS) is 13.3. The Kier molecular flexibility index (Phi) is 6.12. The lowest BCUT2D eigenvalue weighted by atomic mass is 9.74. The first-order valence-corrected chi connectivity index (χ1v) is 6.44. The van der Waals surface area contributed by atoms with Crippen LogP contribution in [0.15, 0.2) is 0 Å². The van der Waals surface area contributed by atoms with Crippen LogP contribution in [-0.4, -0.2) is 4.87 Å². The van der Waals surface area contributed by atoms with E-state index in [-0.39, 0.29) is 10.3 Å². The van der Waals surface area contributed by atoms with Crippen molar-refractivity contribution in [1.29, 1.82) is 0 Å². The molecule has 0 aliphatic heterocycles. The van der Waals surface area contributed by atoms with Crippen LogP contribution in [0.3, 0.4) is 0 Å². The molecule has 0 unspecified atom stereocenters. The Morgan fingerprint density at radius 3 is 1.43 bits per heavy atom. The van der Waals surface area contributed by atoms with Gasteiger partial charge in [0.15, 0.2) is 0 Å². The summed E-state index contributed by atoms with van der Waals surface area (Å²) in [6.45, 7) is 11.3. The fourth-order valence-corrected chi connectivity index (χ4v) is 2.06. The molecule has 0 aromatic carbocycles. The standard InChI is InChI=1S/C13H27Cl/c1-6-8-10-13(14,11-9-7-2)12(3,4)5/h6-11H2,1-5H3. The quantitative estimate of drug-likeness (QED) is 0.525. The van der Waals surface area contributed by atoms with Gasteiger partial charge in [-0.05, 0) is 18.3 Å². The van der Waals surface area contributed by atoms with Crippen molar-refractivity contribution in [1.82, 2.24) is 0 Å². The molecule has 0 nitrogen and oxygen atoms in total. The Morgan fingerprint density at radius 2 is 1.21 bits per heavy atom. The van der Waals surface area contributed by atoms with Gasteiger partial charge in [0.2, 0.25) is 0 Å². The zero-order valence-electron chi connectivity index (χ0n) is 10.6. The minimum Gasteiger partial charge on any atom is -0.119 e. The second kappa shape index (κ2) is 6.00. The highest BCUT2D eigenvalue weighted by molar-refractivity contribution is 6.24. The molecule has 0 amide bonds. The third kappa shape index (κ3) is 4.21. The van der Waals surface area contributed by atoms with E-state index in [0.29, 0.717) is 0 Å². The summed E-state index contributed by atoms with van der Waals surface area (Å²) in [6.07, 6.45) is 7.32. The lowest BCUT2D eigenvalue weighted by molar-refractivity contribution is 0.234. The van der Waals surface area contributed by atoms with Crippen LogP contribution in [0.25, 0.3) is 0 Å². The van der Waals surface area contributed by atoms with Gasteiger partial charge in [0.25, 0.3) is 0 Å². The molecule has 0 aliphatic carbocycles. The summed E-state index contributed by atoms with van der Waals surface area (Å²) in [6, 6.07) is 0. The van der Waals surface area contributed by atoms with Crippen LogP contribution in [-0.2, 0) is 0 Å². The minimum atomic E-state index is 0.0129. The van der Waals surface area contributed by atoms with E-state index >= 15 is 0 Å². The molecule has 86 valence electrons. The fraction of sp³-hybridized carbons (Fsp3) is 1.00. The highest BCUT2D eigenvalue weighted by Crippen LogP contribution is 2.44. The van der Waals surface area contributed by atoms with E-state index in [1.165, 1.54) is 25.7 Å².